The first-order valence-corrected chi connectivity index (χ1v) is 18.4. The monoisotopic (exact) mass is 810 g/mol. The third kappa shape index (κ3) is 8.30. The number of phenolic OH excluding ortho intramolecular Hbond substituents is 2. The summed E-state index contributed by atoms with van der Waals surface area (Å²) in [6.45, 7) is -0.408. The van der Waals surface area contributed by atoms with E-state index in [0.29, 0.717) is 24.3 Å². The molecule has 6 rings (SSSR count). The van der Waals surface area contributed by atoms with Gasteiger partial charge in [0.2, 0.25) is 11.5 Å². The Bertz CT molecular complexity index is 1830. The van der Waals surface area contributed by atoms with Crippen LogP contribution in [0.1, 0.15) is 46.7 Å². The summed E-state index contributed by atoms with van der Waals surface area (Å²) < 4.78 is 58.4. The predicted molar refractivity (Wildman–Crippen MR) is 206 cm³/mol. The normalized spacial score (nSPS) is 20.7. The smallest absolute Gasteiger partial charge is 0.204 e. The molecule has 0 unspecified atom stereocenters. The van der Waals surface area contributed by atoms with E-state index < -0.39 is 49.8 Å². The molecule has 0 spiro atoms. The van der Waals surface area contributed by atoms with Crippen LogP contribution in [-0.4, -0.2) is 112 Å². The van der Waals surface area contributed by atoms with E-state index in [1.165, 1.54) is 79.1 Å². The van der Waals surface area contributed by atoms with Gasteiger partial charge in [0.05, 0.1) is 81.3 Å². The molecule has 0 aliphatic carbocycles. The summed E-state index contributed by atoms with van der Waals surface area (Å²) >= 11 is 0. The van der Waals surface area contributed by atoms with E-state index in [9.17, 15) is 30.6 Å². The van der Waals surface area contributed by atoms with Crippen molar-refractivity contribution in [2.24, 2.45) is 11.8 Å². The molecule has 0 radical (unpaired) electrons. The van der Waals surface area contributed by atoms with Crippen LogP contribution in [0.2, 0.25) is 0 Å². The minimum Gasteiger partial charge on any atom is -0.504 e. The third-order valence-electron chi connectivity index (χ3n) is 10.6. The largest absolute Gasteiger partial charge is 0.504 e. The molecular weight excluding hydrogens is 760 g/mol. The van der Waals surface area contributed by atoms with Gasteiger partial charge in [-0.15, -0.1) is 0 Å². The summed E-state index contributed by atoms with van der Waals surface area (Å²) in [5.41, 5.74) is 2.17. The van der Waals surface area contributed by atoms with Gasteiger partial charge in [0.15, 0.2) is 58.2 Å². The van der Waals surface area contributed by atoms with Gasteiger partial charge in [-0.1, -0.05) is 12.1 Å². The van der Waals surface area contributed by atoms with Crippen LogP contribution in [0.5, 0.6) is 57.5 Å². The highest BCUT2D eigenvalue weighted by Gasteiger charge is 2.49. The van der Waals surface area contributed by atoms with E-state index in [1.54, 1.807) is 24.3 Å². The summed E-state index contributed by atoms with van der Waals surface area (Å²) in [4.78, 5) is 0. The zero-order valence-corrected chi connectivity index (χ0v) is 33.0. The van der Waals surface area contributed by atoms with Gasteiger partial charge in [-0.3, -0.25) is 0 Å². The maximum absolute atomic E-state index is 11.2. The molecule has 0 aromatic heterocycles. The Morgan fingerprint density at radius 1 is 0.517 bits per heavy atom. The van der Waals surface area contributed by atoms with Crippen LogP contribution in [0, 0.1) is 11.8 Å². The lowest BCUT2D eigenvalue weighted by molar-refractivity contribution is -0.00205. The van der Waals surface area contributed by atoms with Crippen molar-refractivity contribution in [3.8, 4) is 57.5 Å². The summed E-state index contributed by atoms with van der Waals surface area (Å²) in [5.74, 6) is 1.38. The van der Waals surface area contributed by atoms with Gasteiger partial charge in [0, 0.05) is 11.8 Å². The molecule has 4 aromatic rings. The van der Waals surface area contributed by atoms with E-state index in [4.69, 9.17) is 47.4 Å². The molecule has 2 heterocycles. The summed E-state index contributed by atoms with van der Waals surface area (Å²) in [5, 5.41) is 62.8. The van der Waals surface area contributed by atoms with Crippen molar-refractivity contribution in [1.29, 1.82) is 0 Å². The lowest BCUT2D eigenvalue weighted by atomic mass is 9.84. The van der Waals surface area contributed by atoms with Crippen molar-refractivity contribution in [2.75, 3.05) is 69.1 Å². The summed E-state index contributed by atoms with van der Waals surface area (Å²) in [6, 6.07) is 15.7. The standard InChI is InChI=1S/C42H50O16/c1-49-29-11-21(7-9-27(29)45)37(47)35(17-43)57-41-31(51-3)13-23(14-32(41)52-4)39-25-19-56-40(26(25)20-55-39)24-15-33(53-5)42(34(16-24)54-6)58-36(18-44)38(48)22-8-10-28(46)30(12-22)50-2/h7-16,25-26,35-40,43-48H,17-20H2,1-6H3/t25-,26-,35-,36-,37-,38-,39+,40+/m0/s1. The lowest BCUT2D eigenvalue weighted by Crippen LogP contribution is -2.29. The molecule has 0 bridgehead atoms. The second kappa shape index (κ2) is 18.5. The molecule has 0 saturated carbocycles. The van der Waals surface area contributed by atoms with Gasteiger partial charge in [-0.2, -0.15) is 0 Å². The van der Waals surface area contributed by atoms with Gasteiger partial charge in [0.25, 0.3) is 0 Å². The molecular formula is C42H50O16. The third-order valence-corrected chi connectivity index (χ3v) is 10.6. The molecule has 0 amide bonds. The van der Waals surface area contributed by atoms with E-state index in [1.807, 2.05) is 0 Å². The van der Waals surface area contributed by atoms with Crippen LogP contribution in [0.15, 0.2) is 60.7 Å². The first kappa shape index (κ1) is 42.3. The quantitative estimate of drug-likeness (QED) is 0.0832. The number of methoxy groups -OCH3 is 6. The maximum Gasteiger partial charge on any atom is 0.204 e. The zero-order valence-electron chi connectivity index (χ0n) is 33.0. The number of hydrogen-bond acceptors (Lipinski definition) is 16. The number of fused-ring (bicyclic) bond motifs is 1. The Balaban J connectivity index is 1.22. The van der Waals surface area contributed by atoms with Crippen molar-refractivity contribution in [3.63, 3.8) is 0 Å². The molecule has 2 saturated heterocycles. The Morgan fingerprint density at radius 2 is 0.845 bits per heavy atom. The molecule has 2 aliphatic heterocycles. The fraction of sp³-hybridized carbons (Fsp3) is 0.429. The van der Waals surface area contributed by atoms with E-state index >= 15 is 0 Å². The van der Waals surface area contributed by atoms with Crippen molar-refractivity contribution in [1.82, 2.24) is 0 Å². The van der Waals surface area contributed by atoms with E-state index in [-0.39, 0.29) is 69.3 Å². The number of aromatic hydroxyl groups is 2. The molecule has 16 nitrogen and oxygen atoms in total. The van der Waals surface area contributed by atoms with Crippen molar-refractivity contribution in [3.05, 3.63) is 82.9 Å². The Hall–Kier alpha value is -5.36. The minimum absolute atomic E-state index is 0.0909. The summed E-state index contributed by atoms with van der Waals surface area (Å²) in [7, 11) is 8.65. The Labute approximate surface area is 335 Å². The number of benzene rings is 4. The van der Waals surface area contributed by atoms with Crippen LogP contribution in [-0.2, 0) is 9.47 Å². The fourth-order valence-corrected chi connectivity index (χ4v) is 7.49. The highest BCUT2D eigenvalue weighted by Crippen LogP contribution is 2.54. The lowest BCUT2D eigenvalue weighted by Gasteiger charge is -2.26. The number of ether oxygens (including phenoxy) is 10. The van der Waals surface area contributed by atoms with Crippen LogP contribution in [0.3, 0.4) is 0 Å². The first-order valence-electron chi connectivity index (χ1n) is 18.4. The van der Waals surface area contributed by atoms with Crippen molar-refractivity contribution in [2.45, 2.75) is 36.6 Å². The van der Waals surface area contributed by atoms with Gasteiger partial charge in [-0.05, 0) is 70.8 Å². The first-order chi connectivity index (χ1) is 28.0. The van der Waals surface area contributed by atoms with E-state index in [0.717, 1.165) is 11.1 Å². The van der Waals surface area contributed by atoms with Gasteiger partial charge in [-0.25, -0.2) is 0 Å². The molecule has 4 aromatic carbocycles. The number of hydrogen-bond donors (Lipinski definition) is 6. The molecule has 8 atom stereocenters. The Kier molecular flexibility index (Phi) is 13.5. The average Bonchev–Trinajstić information content (AvgIpc) is 3.87. The number of phenols is 2. The predicted octanol–water partition coefficient (Wildman–Crippen LogP) is 4.17. The maximum atomic E-state index is 11.2. The molecule has 314 valence electrons. The Morgan fingerprint density at radius 3 is 1.14 bits per heavy atom. The number of rotatable bonds is 18. The minimum atomic E-state index is -1.31. The molecule has 2 aliphatic rings. The van der Waals surface area contributed by atoms with Crippen molar-refractivity contribution >= 4 is 0 Å². The van der Waals surface area contributed by atoms with Crippen molar-refractivity contribution < 1.29 is 78.0 Å². The molecule has 6 N–H and O–H groups in total. The average molecular weight is 811 g/mol. The van der Waals surface area contributed by atoms with Crippen LogP contribution in [0.25, 0.3) is 0 Å². The summed E-state index contributed by atoms with van der Waals surface area (Å²) in [6.07, 6.45) is -5.76. The van der Waals surface area contributed by atoms with Gasteiger partial charge >= 0.3 is 0 Å². The van der Waals surface area contributed by atoms with Gasteiger partial charge < -0.3 is 78.0 Å². The topological polar surface area (TPSA) is 214 Å². The second-order valence-electron chi connectivity index (χ2n) is 13.8. The van der Waals surface area contributed by atoms with Crippen LogP contribution in [0.4, 0.5) is 0 Å². The zero-order chi connectivity index (χ0) is 41.7. The van der Waals surface area contributed by atoms with E-state index in [2.05, 4.69) is 0 Å². The second-order valence-corrected chi connectivity index (χ2v) is 13.8. The highest BCUT2D eigenvalue weighted by atomic mass is 16.6. The number of aliphatic hydroxyl groups is 4. The SMILES string of the molecule is COc1cc([C@H](O)[C@H](CO)Oc2c(OC)cc([C@H]3OC[C@H]4[C@@H]3CO[C@@H]4c3cc(OC)c(O[C@@H](CO)[C@@H](O)c4ccc(O)c(OC)c4)c(OC)c3)cc2OC)ccc1O. The highest BCUT2D eigenvalue weighted by molar-refractivity contribution is 5.56. The molecule has 58 heavy (non-hydrogen) atoms. The molecule has 2 fully saturated rings. The van der Waals surface area contributed by atoms with Crippen LogP contribution < -0.4 is 37.9 Å². The molecule has 16 heteroatoms. The number of aliphatic hydroxyl groups excluding tert-OH is 4. The fourth-order valence-electron chi connectivity index (χ4n) is 7.49. The van der Waals surface area contributed by atoms with Crippen LogP contribution >= 0.6 is 0 Å². The van der Waals surface area contributed by atoms with Gasteiger partial charge in [0.1, 0.15) is 12.2 Å².